The van der Waals surface area contributed by atoms with Crippen molar-refractivity contribution in [2.24, 2.45) is 0 Å². The van der Waals surface area contributed by atoms with Crippen LogP contribution in [0, 0.1) is 0 Å². The number of amides is 4. The first-order valence-corrected chi connectivity index (χ1v) is 8.63. The first kappa shape index (κ1) is 17.9. The van der Waals surface area contributed by atoms with Gasteiger partial charge in [-0.3, -0.25) is 14.5 Å². The molecule has 8 heteroatoms. The summed E-state index contributed by atoms with van der Waals surface area (Å²) in [6, 6.07) is 6.10. The van der Waals surface area contributed by atoms with E-state index in [1.54, 1.807) is 36.1 Å². The van der Waals surface area contributed by atoms with Crippen LogP contribution < -0.4 is 5.32 Å². The molecular weight excluding hydrogens is 338 g/mol. The standard InChI is InChI=1S/C18H21N3O5/c1-12(16(23)20-8-4-5-9-20)26-17(24)14-7-3-2-6-13(14)11-21-15(22)10-19-18(21)25/h2-3,6-7,12H,4-5,8-11H2,1H3,(H,19,25). The molecule has 2 aliphatic heterocycles. The van der Waals surface area contributed by atoms with Gasteiger partial charge in [0.05, 0.1) is 18.7 Å². The van der Waals surface area contributed by atoms with Crippen LogP contribution in [0.5, 0.6) is 0 Å². The van der Waals surface area contributed by atoms with E-state index in [4.69, 9.17) is 4.74 Å². The van der Waals surface area contributed by atoms with E-state index < -0.39 is 18.1 Å². The van der Waals surface area contributed by atoms with Crippen molar-refractivity contribution in [3.8, 4) is 0 Å². The predicted octanol–water partition coefficient (Wildman–Crippen LogP) is 0.906. The number of carbonyl (C=O) groups excluding carboxylic acids is 4. The zero-order valence-electron chi connectivity index (χ0n) is 14.6. The minimum Gasteiger partial charge on any atom is -0.449 e. The van der Waals surface area contributed by atoms with Crippen LogP contribution in [0.25, 0.3) is 0 Å². The predicted molar refractivity (Wildman–Crippen MR) is 91.1 cm³/mol. The van der Waals surface area contributed by atoms with E-state index in [-0.39, 0.29) is 30.5 Å². The van der Waals surface area contributed by atoms with Crippen molar-refractivity contribution < 1.29 is 23.9 Å². The number of benzene rings is 1. The Kier molecular flexibility index (Phi) is 5.20. The monoisotopic (exact) mass is 359 g/mol. The summed E-state index contributed by atoms with van der Waals surface area (Å²) >= 11 is 0. The molecule has 1 aromatic carbocycles. The van der Waals surface area contributed by atoms with Crippen LogP contribution in [0.15, 0.2) is 24.3 Å². The fraction of sp³-hybridized carbons (Fsp3) is 0.444. The van der Waals surface area contributed by atoms with E-state index in [1.165, 1.54) is 0 Å². The molecule has 4 amide bonds. The Bertz CT molecular complexity index is 726. The molecule has 1 unspecified atom stereocenters. The highest BCUT2D eigenvalue weighted by atomic mass is 16.5. The van der Waals surface area contributed by atoms with E-state index in [2.05, 4.69) is 5.32 Å². The van der Waals surface area contributed by atoms with Gasteiger partial charge in [0, 0.05) is 13.1 Å². The summed E-state index contributed by atoms with van der Waals surface area (Å²) in [5, 5.41) is 2.44. The molecule has 1 aromatic rings. The van der Waals surface area contributed by atoms with E-state index in [0.29, 0.717) is 18.7 Å². The van der Waals surface area contributed by atoms with Crippen molar-refractivity contribution in [3.05, 3.63) is 35.4 Å². The maximum atomic E-state index is 12.5. The van der Waals surface area contributed by atoms with Gasteiger partial charge in [0.1, 0.15) is 0 Å². The van der Waals surface area contributed by atoms with Crippen molar-refractivity contribution in [1.29, 1.82) is 0 Å². The lowest BCUT2D eigenvalue weighted by Crippen LogP contribution is -2.38. The fourth-order valence-electron chi connectivity index (χ4n) is 3.11. The number of likely N-dealkylation sites (tertiary alicyclic amines) is 1. The van der Waals surface area contributed by atoms with Crippen molar-refractivity contribution in [1.82, 2.24) is 15.1 Å². The van der Waals surface area contributed by atoms with E-state index in [1.807, 2.05) is 0 Å². The Morgan fingerprint density at radius 2 is 1.88 bits per heavy atom. The summed E-state index contributed by atoms with van der Waals surface area (Å²) in [7, 11) is 0. The summed E-state index contributed by atoms with van der Waals surface area (Å²) in [5.74, 6) is -1.20. The Morgan fingerprint density at radius 1 is 1.19 bits per heavy atom. The fourth-order valence-corrected chi connectivity index (χ4v) is 3.11. The molecule has 0 spiro atoms. The minimum atomic E-state index is -0.884. The smallest absolute Gasteiger partial charge is 0.339 e. The van der Waals surface area contributed by atoms with Crippen LogP contribution in [-0.2, 0) is 20.9 Å². The molecule has 0 aromatic heterocycles. The summed E-state index contributed by atoms with van der Waals surface area (Å²) in [5.41, 5.74) is 0.727. The number of urea groups is 1. The summed E-state index contributed by atoms with van der Waals surface area (Å²) in [6.07, 6.45) is 1.04. The highest BCUT2D eigenvalue weighted by Crippen LogP contribution is 2.17. The molecule has 2 aliphatic rings. The molecule has 8 nitrogen and oxygen atoms in total. The van der Waals surface area contributed by atoms with Gasteiger partial charge in [0.25, 0.3) is 5.91 Å². The molecule has 0 aliphatic carbocycles. The second-order valence-corrected chi connectivity index (χ2v) is 6.38. The van der Waals surface area contributed by atoms with Crippen LogP contribution in [0.2, 0.25) is 0 Å². The normalized spacial score (nSPS) is 18.0. The van der Waals surface area contributed by atoms with Crippen LogP contribution in [0.1, 0.15) is 35.7 Å². The van der Waals surface area contributed by atoms with Gasteiger partial charge < -0.3 is 15.0 Å². The summed E-state index contributed by atoms with van der Waals surface area (Å²) in [6.45, 7) is 2.85. The molecule has 26 heavy (non-hydrogen) atoms. The lowest BCUT2D eigenvalue weighted by molar-refractivity contribution is -0.138. The third-order valence-electron chi connectivity index (χ3n) is 4.55. The molecule has 3 rings (SSSR count). The average molecular weight is 359 g/mol. The Labute approximate surface area is 151 Å². The maximum absolute atomic E-state index is 12.5. The highest BCUT2D eigenvalue weighted by molar-refractivity contribution is 6.02. The van der Waals surface area contributed by atoms with E-state index in [0.717, 1.165) is 17.7 Å². The quantitative estimate of drug-likeness (QED) is 0.623. The molecule has 0 saturated carbocycles. The largest absolute Gasteiger partial charge is 0.449 e. The maximum Gasteiger partial charge on any atom is 0.339 e. The molecule has 0 bridgehead atoms. The van der Waals surface area contributed by atoms with Gasteiger partial charge in [-0.05, 0) is 31.4 Å². The lowest BCUT2D eigenvalue weighted by atomic mass is 10.1. The number of esters is 1. The second kappa shape index (κ2) is 7.55. The van der Waals surface area contributed by atoms with Gasteiger partial charge in [-0.1, -0.05) is 18.2 Å². The third kappa shape index (κ3) is 3.68. The van der Waals surface area contributed by atoms with E-state index in [9.17, 15) is 19.2 Å². The lowest BCUT2D eigenvalue weighted by Gasteiger charge is -2.21. The van der Waals surface area contributed by atoms with Gasteiger partial charge >= 0.3 is 12.0 Å². The van der Waals surface area contributed by atoms with Gasteiger partial charge in [0.2, 0.25) is 5.91 Å². The minimum absolute atomic E-state index is 0.0234. The molecule has 138 valence electrons. The summed E-state index contributed by atoms with van der Waals surface area (Å²) in [4.78, 5) is 51.1. The van der Waals surface area contributed by atoms with Crippen molar-refractivity contribution >= 4 is 23.8 Å². The zero-order valence-corrected chi connectivity index (χ0v) is 14.6. The van der Waals surface area contributed by atoms with Crippen molar-refractivity contribution in [3.63, 3.8) is 0 Å². The SMILES string of the molecule is CC(OC(=O)c1ccccc1CN1C(=O)CNC1=O)C(=O)N1CCCC1. The number of nitrogens with one attached hydrogen (secondary N) is 1. The molecule has 0 radical (unpaired) electrons. The molecule has 2 heterocycles. The van der Waals surface area contributed by atoms with Crippen LogP contribution in [0.4, 0.5) is 4.79 Å². The zero-order chi connectivity index (χ0) is 18.7. The van der Waals surface area contributed by atoms with Crippen molar-refractivity contribution in [2.45, 2.75) is 32.4 Å². The molecular formula is C18H21N3O5. The second-order valence-electron chi connectivity index (χ2n) is 6.38. The number of carbonyl (C=O) groups is 4. The molecule has 1 atom stereocenters. The van der Waals surface area contributed by atoms with E-state index >= 15 is 0 Å². The Morgan fingerprint density at radius 3 is 2.54 bits per heavy atom. The van der Waals surface area contributed by atoms with Gasteiger partial charge in [-0.25, -0.2) is 9.59 Å². The third-order valence-corrected chi connectivity index (χ3v) is 4.55. The first-order valence-electron chi connectivity index (χ1n) is 8.63. The van der Waals surface area contributed by atoms with Gasteiger partial charge in [0.15, 0.2) is 6.10 Å². The van der Waals surface area contributed by atoms with Gasteiger partial charge in [-0.15, -0.1) is 0 Å². The number of imide groups is 1. The Hall–Kier alpha value is -2.90. The van der Waals surface area contributed by atoms with Crippen LogP contribution in [0.3, 0.4) is 0 Å². The number of hydrogen-bond acceptors (Lipinski definition) is 5. The number of rotatable bonds is 5. The van der Waals surface area contributed by atoms with Crippen molar-refractivity contribution in [2.75, 3.05) is 19.6 Å². The topological polar surface area (TPSA) is 96.0 Å². The van der Waals surface area contributed by atoms with Crippen LogP contribution >= 0.6 is 0 Å². The summed E-state index contributed by atoms with van der Waals surface area (Å²) < 4.78 is 5.34. The molecule has 2 saturated heterocycles. The highest BCUT2D eigenvalue weighted by Gasteiger charge is 2.31. The Balaban J connectivity index is 1.70. The number of nitrogens with zero attached hydrogens (tertiary/aromatic N) is 2. The first-order chi connectivity index (χ1) is 12.5. The number of hydrogen-bond donors (Lipinski definition) is 1. The molecule has 2 fully saturated rings. The number of ether oxygens (including phenoxy) is 1. The molecule has 1 N–H and O–H groups in total. The van der Waals surface area contributed by atoms with Gasteiger partial charge in [-0.2, -0.15) is 0 Å². The average Bonchev–Trinajstić information content (AvgIpc) is 3.27. The van der Waals surface area contributed by atoms with Crippen LogP contribution in [-0.4, -0.2) is 59.4 Å².